The molecule has 12 heteroatoms. The Morgan fingerprint density at radius 2 is 1.94 bits per heavy atom. The Bertz CT molecular complexity index is 1370. The number of aryl methyl sites for hydroxylation is 2. The van der Waals surface area contributed by atoms with Crippen molar-refractivity contribution in [2.45, 2.75) is 38.5 Å². The molecular weight excluding hydrogens is 458 g/mol. The highest BCUT2D eigenvalue weighted by Crippen LogP contribution is 2.32. The zero-order chi connectivity index (χ0) is 24.7. The summed E-state index contributed by atoms with van der Waals surface area (Å²) in [5.41, 5.74) is 0.985. The number of benzene rings is 1. The number of nitrogens with zero attached hydrogens (tertiary/aromatic N) is 5. The van der Waals surface area contributed by atoms with Crippen molar-refractivity contribution in [1.29, 1.82) is 0 Å². The maximum Gasteiger partial charge on any atom is 0.344 e. The van der Waals surface area contributed by atoms with Gasteiger partial charge in [0.2, 0.25) is 0 Å². The second-order valence-corrected chi connectivity index (χ2v) is 10.8. The molecule has 0 atom stereocenters. The number of H-pyrrole nitrogens is 1. The number of nitrogens with one attached hydrogen (secondary N) is 1. The normalized spacial score (nSPS) is 16.7. The lowest BCUT2D eigenvalue weighted by molar-refractivity contribution is -0.823. The number of hydrogen-bond acceptors (Lipinski definition) is 8. The molecular formula is C22H32N7O4S+. The molecule has 184 valence electrons. The van der Waals surface area contributed by atoms with Crippen LogP contribution in [0.15, 0.2) is 27.9 Å². The monoisotopic (exact) mass is 490 g/mol. The molecule has 0 bridgehead atoms. The van der Waals surface area contributed by atoms with Crippen molar-refractivity contribution in [3.63, 3.8) is 0 Å². The van der Waals surface area contributed by atoms with E-state index in [2.05, 4.69) is 15.1 Å². The van der Waals surface area contributed by atoms with Crippen LogP contribution in [0.4, 0.5) is 0 Å². The van der Waals surface area contributed by atoms with Crippen molar-refractivity contribution in [2.24, 2.45) is 5.84 Å². The predicted octanol–water partition coefficient (Wildman–Crippen LogP) is 1.07. The van der Waals surface area contributed by atoms with Gasteiger partial charge in [-0.05, 0) is 45.5 Å². The van der Waals surface area contributed by atoms with E-state index >= 15 is 0 Å². The average molecular weight is 491 g/mol. The van der Waals surface area contributed by atoms with Crippen molar-refractivity contribution in [2.75, 3.05) is 39.8 Å². The molecule has 0 saturated carbocycles. The Kier molecular flexibility index (Phi) is 6.51. The van der Waals surface area contributed by atoms with Gasteiger partial charge in [0.1, 0.15) is 29.6 Å². The van der Waals surface area contributed by atoms with Gasteiger partial charge in [-0.15, -0.1) is 9.10 Å². The van der Waals surface area contributed by atoms with E-state index < -0.39 is 14.0 Å². The number of aromatic nitrogens is 4. The molecule has 1 aliphatic rings. The third-order valence-electron chi connectivity index (χ3n) is 6.22. The molecule has 1 fully saturated rings. The van der Waals surface area contributed by atoms with Gasteiger partial charge in [0.15, 0.2) is 11.3 Å². The van der Waals surface area contributed by atoms with Crippen molar-refractivity contribution < 1.29 is 17.2 Å². The van der Waals surface area contributed by atoms with Gasteiger partial charge in [-0.1, -0.05) is 6.92 Å². The van der Waals surface area contributed by atoms with E-state index in [-0.39, 0.29) is 29.4 Å². The summed E-state index contributed by atoms with van der Waals surface area (Å²) < 4.78 is 33.9. The lowest BCUT2D eigenvalue weighted by atomic mass is 10.2. The summed E-state index contributed by atoms with van der Waals surface area (Å²) in [6, 6.07) is 4.57. The van der Waals surface area contributed by atoms with Crippen LogP contribution >= 0.6 is 0 Å². The molecule has 0 aliphatic carbocycles. The van der Waals surface area contributed by atoms with Gasteiger partial charge in [0.05, 0.1) is 31.0 Å². The van der Waals surface area contributed by atoms with Gasteiger partial charge >= 0.3 is 10.0 Å². The highest BCUT2D eigenvalue weighted by molar-refractivity contribution is 7.86. The SMILES string of the molecule is CCCc1nc(C)c2c(=O)[nH]c(-c3cc(S(=O)(=O)[N+]4(N)CCN(C)CC4)ccc3OCC)nn12. The molecule has 3 heterocycles. The average Bonchev–Trinajstić information content (AvgIpc) is 3.12. The number of nitrogens with two attached hydrogens (primary N) is 1. The van der Waals surface area contributed by atoms with Crippen LogP contribution in [0.5, 0.6) is 5.75 Å². The highest BCUT2D eigenvalue weighted by atomic mass is 32.2. The number of piperazine rings is 1. The van der Waals surface area contributed by atoms with Crippen molar-refractivity contribution in [3.8, 4) is 17.1 Å². The third-order valence-corrected chi connectivity index (χ3v) is 8.39. The molecule has 34 heavy (non-hydrogen) atoms. The van der Waals surface area contributed by atoms with Crippen LogP contribution < -0.4 is 16.1 Å². The first-order valence-corrected chi connectivity index (χ1v) is 12.9. The van der Waals surface area contributed by atoms with Crippen molar-refractivity contribution >= 4 is 15.5 Å². The number of fused-ring (bicyclic) bond motifs is 1. The number of ether oxygens (including phenoxy) is 1. The molecule has 3 aromatic rings. The number of sulfonamides is 1. The Labute approximate surface area is 198 Å². The minimum Gasteiger partial charge on any atom is -0.493 e. The topological polar surface area (TPSA) is 136 Å². The van der Waals surface area contributed by atoms with Crippen LogP contribution in [0.3, 0.4) is 0 Å². The number of imidazole rings is 1. The largest absolute Gasteiger partial charge is 0.493 e. The first-order chi connectivity index (χ1) is 16.1. The summed E-state index contributed by atoms with van der Waals surface area (Å²) in [6.07, 6.45) is 1.49. The Balaban J connectivity index is 1.88. The highest BCUT2D eigenvalue weighted by Gasteiger charge is 2.43. The van der Waals surface area contributed by atoms with Gasteiger partial charge < -0.3 is 9.72 Å². The summed E-state index contributed by atoms with van der Waals surface area (Å²) in [5, 5.41) is 4.63. The van der Waals surface area contributed by atoms with E-state index in [0.29, 0.717) is 54.5 Å². The Morgan fingerprint density at radius 3 is 2.59 bits per heavy atom. The fourth-order valence-electron chi connectivity index (χ4n) is 4.23. The van der Waals surface area contributed by atoms with Crippen molar-refractivity contribution in [1.82, 2.24) is 24.5 Å². The van der Waals surface area contributed by atoms with Crippen LogP contribution in [0.25, 0.3) is 16.9 Å². The van der Waals surface area contributed by atoms with E-state index in [1.54, 1.807) is 17.5 Å². The second kappa shape index (κ2) is 9.10. The van der Waals surface area contributed by atoms with Gasteiger partial charge in [-0.25, -0.2) is 9.50 Å². The molecule has 2 aromatic heterocycles. The minimum absolute atomic E-state index is 0.0522. The first kappa shape index (κ1) is 24.3. The van der Waals surface area contributed by atoms with Gasteiger partial charge in [0.25, 0.3) is 5.56 Å². The number of aromatic amines is 1. The smallest absolute Gasteiger partial charge is 0.344 e. The van der Waals surface area contributed by atoms with E-state index in [9.17, 15) is 13.2 Å². The molecule has 1 aromatic carbocycles. The summed E-state index contributed by atoms with van der Waals surface area (Å²) in [6.45, 7) is 7.68. The van der Waals surface area contributed by atoms with Crippen LogP contribution in [0.1, 0.15) is 31.8 Å². The quantitative estimate of drug-likeness (QED) is 0.371. The molecule has 3 N–H and O–H groups in total. The summed E-state index contributed by atoms with van der Waals surface area (Å²) >= 11 is 0. The fourth-order valence-corrected chi connectivity index (χ4v) is 5.80. The number of rotatable bonds is 7. The maximum absolute atomic E-state index is 13.6. The molecule has 1 saturated heterocycles. The van der Waals surface area contributed by atoms with Crippen LogP contribution in [-0.4, -0.2) is 76.7 Å². The third kappa shape index (κ3) is 4.11. The zero-order valence-corrected chi connectivity index (χ0v) is 20.9. The molecule has 0 amide bonds. The molecule has 0 radical (unpaired) electrons. The van der Waals surface area contributed by atoms with Crippen molar-refractivity contribution in [3.05, 3.63) is 40.1 Å². The first-order valence-electron chi connectivity index (χ1n) is 11.5. The van der Waals surface area contributed by atoms with E-state index in [0.717, 1.165) is 6.42 Å². The van der Waals surface area contributed by atoms with E-state index in [1.807, 2.05) is 25.8 Å². The number of likely N-dealkylation sites (N-methyl/N-ethyl adjacent to an activating group) is 1. The summed E-state index contributed by atoms with van der Waals surface area (Å²) in [4.78, 5) is 22.3. The standard InChI is InChI=1S/C22H31N7O4S/c1-5-7-19-24-15(3)20-22(30)25-21(26-28(19)20)17-14-16(8-9-18(17)33-6-2)34(31,32)29(23)12-10-27(4)11-13-29/h8-9,14H,5-7,10-13,23H2,1-4H3/p+1. The minimum atomic E-state index is -3.92. The van der Waals surface area contributed by atoms with Gasteiger partial charge in [0, 0.05) is 6.42 Å². The van der Waals surface area contributed by atoms with Gasteiger partial charge in [-0.2, -0.15) is 14.3 Å². The Hall–Kier alpha value is -2.80. The van der Waals surface area contributed by atoms with Gasteiger partial charge in [-0.3, -0.25) is 9.69 Å². The zero-order valence-electron chi connectivity index (χ0n) is 20.0. The molecule has 0 spiro atoms. The Morgan fingerprint density at radius 1 is 1.24 bits per heavy atom. The number of hydrogen-bond donors (Lipinski definition) is 2. The lowest BCUT2D eigenvalue weighted by Gasteiger charge is -2.37. The fraction of sp³-hybridized carbons (Fsp3) is 0.500. The molecule has 11 nitrogen and oxygen atoms in total. The van der Waals surface area contributed by atoms with Crippen LogP contribution in [0.2, 0.25) is 0 Å². The second-order valence-electron chi connectivity index (χ2n) is 8.70. The maximum atomic E-state index is 13.6. The van der Waals surface area contributed by atoms with E-state index in [1.165, 1.54) is 12.1 Å². The lowest BCUT2D eigenvalue weighted by Crippen LogP contribution is -2.65. The summed E-state index contributed by atoms with van der Waals surface area (Å²) in [5.74, 6) is 7.67. The molecule has 1 aliphatic heterocycles. The molecule has 0 unspecified atom stereocenters. The predicted molar refractivity (Wildman–Crippen MR) is 128 cm³/mol. The summed E-state index contributed by atoms with van der Waals surface area (Å²) in [7, 11) is -1.98. The number of quaternary nitrogens is 1. The van der Waals surface area contributed by atoms with Crippen LogP contribution in [-0.2, 0) is 16.4 Å². The molecule has 4 rings (SSSR count). The van der Waals surface area contributed by atoms with E-state index in [4.69, 9.17) is 10.6 Å². The van der Waals surface area contributed by atoms with Crippen LogP contribution in [0, 0.1) is 6.92 Å².